The van der Waals surface area contributed by atoms with Crippen LogP contribution in [-0.4, -0.2) is 36.4 Å². The van der Waals surface area contributed by atoms with Gasteiger partial charge < -0.3 is 5.32 Å². The van der Waals surface area contributed by atoms with Crippen molar-refractivity contribution in [3.63, 3.8) is 0 Å². The van der Waals surface area contributed by atoms with Gasteiger partial charge in [-0.15, -0.1) is 0 Å². The molecule has 8 heteroatoms. The number of sulfonamides is 1. The van der Waals surface area contributed by atoms with E-state index in [0.29, 0.717) is 5.69 Å². The number of carbonyl (C=O) groups excluding carboxylic acids is 1. The van der Waals surface area contributed by atoms with Crippen LogP contribution in [0.5, 0.6) is 0 Å². The Morgan fingerprint density at radius 1 is 1.40 bits per heavy atom. The molecule has 0 bridgehead atoms. The number of nitrogens with two attached hydrogens (primary N) is 1. The summed E-state index contributed by atoms with van der Waals surface area (Å²) in [6.45, 7) is 0.236. The third-order valence-corrected chi connectivity index (χ3v) is 3.72. The Labute approximate surface area is 116 Å². The number of aryl methyl sites for hydroxylation is 1. The van der Waals surface area contributed by atoms with Crippen LogP contribution in [0.2, 0.25) is 0 Å². The van der Waals surface area contributed by atoms with Crippen LogP contribution in [0.25, 0.3) is 10.9 Å². The topological polar surface area (TPSA) is 107 Å². The molecule has 0 atom stereocenters. The van der Waals surface area contributed by atoms with E-state index in [9.17, 15) is 13.2 Å². The number of primary sulfonamides is 1. The molecule has 0 fully saturated rings. The minimum atomic E-state index is -3.49. The van der Waals surface area contributed by atoms with Gasteiger partial charge in [0.05, 0.1) is 11.3 Å². The summed E-state index contributed by atoms with van der Waals surface area (Å²) in [7, 11) is -1.72. The number of carbonyl (C=O) groups is 1. The Morgan fingerprint density at radius 3 is 2.80 bits per heavy atom. The van der Waals surface area contributed by atoms with E-state index in [0.717, 1.165) is 10.9 Å². The lowest BCUT2D eigenvalue weighted by atomic mass is 10.2. The predicted molar refractivity (Wildman–Crippen MR) is 75.6 cm³/mol. The summed E-state index contributed by atoms with van der Waals surface area (Å²) in [5.74, 6) is -0.479. The molecule has 0 spiro atoms. The molecule has 2 rings (SSSR count). The van der Waals surface area contributed by atoms with Crippen molar-refractivity contribution in [1.82, 2.24) is 15.1 Å². The average molecular weight is 296 g/mol. The zero-order valence-electron chi connectivity index (χ0n) is 11.0. The fourth-order valence-corrected chi connectivity index (χ4v) is 2.49. The van der Waals surface area contributed by atoms with Gasteiger partial charge >= 0.3 is 0 Å². The fourth-order valence-electron chi connectivity index (χ4n) is 1.94. The normalized spacial score (nSPS) is 11.7. The van der Waals surface area contributed by atoms with E-state index in [-0.39, 0.29) is 24.6 Å². The molecule has 1 aromatic heterocycles. The molecular formula is C12H16N4O3S. The minimum absolute atomic E-state index is 0.157. The largest absolute Gasteiger partial charge is 0.351 e. The predicted octanol–water partition coefficient (Wildman–Crippen LogP) is -0.0183. The number of hydrogen-bond donors (Lipinski definition) is 2. The summed E-state index contributed by atoms with van der Waals surface area (Å²) in [5.41, 5.74) is 1.20. The Balaban J connectivity index is 2.05. The number of benzene rings is 1. The van der Waals surface area contributed by atoms with Gasteiger partial charge in [0.25, 0.3) is 5.91 Å². The molecule has 20 heavy (non-hydrogen) atoms. The molecule has 3 N–H and O–H groups in total. The highest BCUT2D eigenvalue weighted by atomic mass is 32.2. The fraction of sp³-hybridized carbons (Fsp3) is 0.333. The van der Waals surface area contributed by atoms with E-state index in [1.54, 1.807) is 11.7 Å². The Bertz CT molecular complexity index is 736. The first-order valence-corrected chi connectivity index (χ1v) is 7.80. The SMILES string of the molecule is Cn1nc(C(=O)NCCCS(N)(=O)=O)c2ccccc21. The number of aromatic nitrogens is 2. The number of para-hydroxylation sites is 1. The van der Waals surface area contributed by atoms with E-state index < -0.39 is 10.0 Å². The highest BCUT2D eigenvalue weighted by molar-refractivity contribution is 7.89. The maximum Gasteiger partial charge on any atom is 0.272 e. The Kier molecular flexibility index (Phi) is 4.05. The average Bonchev–Trinajstić information content (AvgIpc) is 2.72. The van der Waals surface area contributed by atoms with Gasteiger partial charge in [-0.05, 0) is 12.5 Å². The van der Waals surface area contributed by atoms with Gasteiger partial charge in [0, 0.05) is 19.0 Å². The van der Waals surface area contributed by atoms with Crippen LogP contribution >= 0.6 is 0 Å². The van der Waals surface area contributed by atoms with Gasteiger partial charge in [0.2, 0.25) is 10.0 Å². The summed E-state index contributed by atoms with van der Waals surface area (Å²) in [6, 6.07) is 7.40. The first-order valence-electron chi connectivity index (χ1n) is 6.09. The number of fused-ring (bicyclic) bond motifs is 1. The molecule has 0 saturated heterocycles. The van der Waals surface area contributed by atoms with Crippen molar-refractivity contribution < 1.29 is 13.2 Å². The van der Waals surface area contributed by atoms with Crippen LogP contribution in [0, 0.1) is 0 Å². The molecule has 1 heterocycles. The van der Waals surface area contributed by atoms with Gasteiger partial charge in [0.15, 0.2) is 5.69 Å². The number of hydrogen-bond acceptors (Lipinski definition) is 4. The first-order chi connectivity index (χ1) is 9.38. The third kappa shape index (κ3) is 3.34. The van der Waals surface area contributed by atoms with E-state index in [2.05, 4.69) is 10.4 Å². The van der Waals surface area contributed by atoms with E-state index in [1.165, 1.54) is 0 Å². The number of nitrogens with zero attached hydrogens (tertiary/aromatic N) is 2. The van der Waals surface area contributed by atoms with Crippen molar-refractivity contribution in [2.45, 2.75) is 6.42 Å². The summed E-state index contributed by atoms with van der Waals surface area (Å²) in [5, 5.41) is 12.5. The molecule has 0 radical (unpaired) electrons. The summed E-state index contributed by atoms with van der Waals surface area (Å²) in [4.78, 5) is 12.0. The molecule has 108 valence electrons. The minimum Gasteiger partial charge on any atom is -0.351 e. The maximum atomic E-state index is 12.0. The van der Waals surface area contributed by atoms with Crippen LogP contribution in [0.15, 0.2) is 24.3 Å². The van der Waals surface area contributed by atoms with Gasteiger partial charge in [-0.1, -0.05) is 18.2 Å². The van der Waals surface area contributed by atoms with Crippen LogP contribution in [-0.2, 0) is 17.1 Å². The summed E-state index contributed by atoms with van der Waals surface area (Å²) < 4.78 is 23.2. The number of rotatable bonds is 5. The highest BCUT2D eigenvalue weighted by Gasteiger charge is 2.15. The molecule has 7 nitrogen and oxygen atoms in total. The third-order valence-electron chi connectivity index (χ3n) is 2.86. The van der Waals surface area contributed by atoms with Crippen molar-refractivity contribution >= 4 is 26.8 Å². The smallest absolute Gasteiger partial charge is 0.272 e. The van der Waals surface area contributed by atoms with Gasteiger partial charge in [0.1, 0.15) is 0 Å². The lowest BCUT2D eigenvalue weighted by Gasteiger charge is -2.02. The zero-order chi connectivity index (χ0) is 14.8. The molecule has 0 unspecified atom stereocenters. The molecule has 0 aliphatic heterocycles. The molecule has 0 saturated carbocycles. The van der Waals surface area contributed by atoms with Crippen molar-refractivity contribution in [3.8, 4) is 0 Å². The molecule has 2 aromatic rings. The Hall–Kier alpha value is -1.93. The monoisotopic (exact) mass is 296 g/mol. The lowest BCUT2D eigenvalue weighted by Crippen LogP contribution is -2.27. The second-order valence-electron chi connectivity index (χ2n) is 4.47. The van der Waals surface area contributed by atoms with Gasteiger partial charge in [-0.2, -0.15) is 5.10 Å². The highest BCUT2D eigenvalue weighted by Crippen LogP contribution is 2.17. The van der Waals surface area contributed by atoms with Crippen LogP contribution in [0.4, 0.5) is 0 Å². The maximum absolute atomic E-state index is 12.0. The van der Waals surface area contributed by atoms with Gasteiger partial charge in [-0.25, -0.2) is 13.6 Å². The quantitative estimate of drug-likeness (QED) is 0.756. The van der Waals surface area contributed by atoms with Crippen molar-refractivity contribution in [2.24, 2.45) is 12.2 Å². The van der Waals surface area contributed by atoms with Crippen LogP contribution in [0.1, 0.15) is 16.9 Å². The summed E-state index contributed by atoms with van der Waals surface area (Å²) >= 11 is 0. The van der Waals surface area contributed by atoms with Crippen molar-refractivity contribution in [1.29, 1.82) is 0 Å². The van der Waals surface area contributed by atoms with Crippen molar-refractivity contribution in [2.75, 3.05) is 12.3 Å². The van der Waals surface area contributed by atoms with Crippen LogP contribution in [0.3, 0.4) is 0 Å². The van der Waals surface area contributed by atoms with E-state index in [1.807, 2.05) is 24.3 Å². The molecule has 1 aromatic carbocycles. The van der Waals surface area contributed by atoms with E-state index >= 15 is 0 Å². The summed E-state index contributed by atoms with van der Waals surface area (Å²) in [6.07, 6.45) is 0.273. The van der Waals surface area contributed by atoms with Crippen molar-refractivity contribution in [3.05, 3.63) is 30.0 Å². The number of nitrogens with one attached hydrogen (secondary N) is 1. The van der Waals surface area contributed by atoms with Gasteiger partial charge in [-0.3, -0.25) is 9.48 Å². The second kappa shape index (κ2) is 5.59. The first kappa shape index (κ1) is 14.5. The number of amides is 1. The lowest BCUT2D eigenvalue weighted by molar-refractivity contribution is 0.0949. The molecule has 0 aliphatic carbocycles. The molecule has 0 aliphatic rings. The molecule has 1 amide bonds. The Morgan fingerprint density at radius 2 is 2.10 bits per heavy atom. The molecular weight excluding hydrogens is 280 g/mol. The second-order valence-corrected chi connectivity index (χ2v) is 6.20. The van der Waals surface area contributed by atoms with E-state index in [4.69, 9.17) is 5.14 Å². The van der Waals surface area contributed by atoms with Crippen LogP contribution < -0.4 is 10.5 Å². The zero-order valence-corrected chi connectivity index (χ0v) is 11.9. The standard InChI is InChI=1S/C12H16N4O3S/c1-16-10-6-3-2-5-9(10)11(15-16)12(17)14-7-4-8-20(13,18)19/h2-3,5-6H,4,7-8H2,1H3,(H,14,17)(H2,13,18,19).